The first-order valence-electron chi connectivity index (χ1n) is 9.86. The number of benzene rings is 1. The molecule has 0 spiro atoms. The Morgan fingerprint density at radius 1 is 1.28 bits per heavy atom. The fourth-order valence-electron chi connectivity index (χ4n) is 5.12. The Labute approximate surface area is 168 Å². The van der Waals surface area contributed by atoms with Gasteiger partial charge in [0.1, 0.15) is 0 Å². The second-order valence-electron chi connectivity index (χ2n) is 8.26. The minimum absolute atomic E-state index is 0.0410. The monoisotopic (exact) mass is 391 g/mol. The Kier molecular flexibility index (Phi) is 4.01. The lowest BCUT2D eigenvalue weighted by Crippen LogP contribution is -2.50. The molecular weight excluding hydrogens is 369 g/mol. The predicted molar refractivity (Wildman–Crippen MR) is 107 cm³/mol. The summed E-state index contributed by atoms with van der Waals surface area (Å²) in [5.41, 5.74) is 3.33. The number of rotatable bonds is 4. The predicted octanol–water partition coefficient (Wildman–Crippen LogP) is 3.63. The van der Waals surface area contributed by atoms with Crippen molar-refractivity contribution in [2.75, 3.05) is 5.32 Å². The standard InChI is InChI=1S/C22H22FN5O/c1-13-3-4-16(9-17(13)20-24-11-15(23)12-25-20)26-21(29)19-14-5-7-22(19,10-14)18-6-8-28(2)27-18/h3-4,6,8-9,11-12,14,19H,5,7,10H2,1-2H3,(H,26,29)/t14?,19-,22-/m1/s1. The van der Waals surface area contributed by atoms with Gasteiger partial charge in [0.15, 0.2) is 11.6 Å². The van der Waals surface area contributed by atoms with Crippen LogP contribution in [0.15, 0.2) is 42.9 Å². The summed E-state index contributed by atoms with van der Waals surface area (Å²) in [6.07, 6.45) is 7.35. The molecule has 148 valence electrons. The lowest BCUT2D eigenvalue weighted by molar-refractivity contribution is -0.127. The normalized spacial score (nSPS) is 24.9. The molecule has 3 aliphatic rings. The van der Waals surface area contributed by atoms with E-state index in [0.29, 0.717) is 17.4 Å². The third-order valence-electron chi connectivity index (χ3n) is 6.53. The van der Waals surface area contributed by atoms with Gasteiger partial charge in [-0.05, 0) is 55.9 Å². The third-order valence-corrected chi connectivity index (χ3v) is 6.53. The molecule has 6 rings (SSSR count). The number of amides is 1. The Morgan fingerprint density at radius 3 is 2.76 bits per heavy atom. The molecule has 6 nitrogen and oxygen atoms in total. The zero-order valence-corrected chi connectivity index (χ0v) is 16.4. The highest BCUT2D eigenvalue weighted by Gasteiger charge is 2.63. The molecule has 0 aliphatic heterocycles. The van der Waals surface area contributed by atoms with Crippen LogP contribution in [0.1, 0.15) is 30.5 Å². The van der Waals surface area contributed by atoms with Crippen molar-refractivity contribution in [1.29, 1.82) is 0 Å². The topological polar surface area (TPSA) is 72.7 Å². The van der Waals surface area contributed by atoms with Crippen LogP contribution < -0.4 is 5.32 Å². The summed E-state index contributed by atoms with van der Waals surface area (Å²) in [5, 5.41) is 7.70. The minimum atomic E-state index is -0.476. The Balaban J connectivity index is 1.40. The van der Waals surface area contributed by atoms with Crippen molar-refractivity contribution >= 4 is 11.6 Å². The Bertz CT molecular complexity index is 1090. The summed E-state index contributed by atoms with van der Waals surface area (Å²) in [7, 11) is 1.91. The molecule has 29 heavy (non-hydrogen) atoms. The molecule has 1 amide bonds. The minimum Gasteiger partial charge on any atom is -0.326 e. The maximum absolute atomic E-state index is 13.2. The van der Waals surface area contributed by atoms with Crippen LogP contribution in [0.2, 0.25) is 0 Å². The average molecular weight is 391 g/mol. The summed E-state index contributed by atoms with van der Waals surface area (Å²) < 4.78 is 15.0. The zero-order chi connectivity index (χ0) is 20.2. The van der Waals surface area contributed by atoms with E-state index in [1.54, 1.807) is 4.68 Å². The van der Waals surface area contributed by atoms with Crippen LogP contribution in [0, 0.1) is 24.6 Å². The van der Waals surface area contributed by atoms with E-state index < -0.39 is 5.82 Å². The third kappa shape index (κ3) is 2.84. The van der Waals surface area contributed by atoms with Crippen LogP contribution >= 0.6 is 0 Å². The highest BCUT2D eigenvalue weighted by molar-refractivity contribution is 5.95. The Hall–Kier alpha value is -3.09. The van der Waals surface area contributed by atoms with Gasteiger partial charge in [-0.1, -0.05) is 6.07 Å². The molecule has 2 bridgehead atoms. The van der Waals surface area contributed by atoms with E-state index >= 15 is 0 Å². The number of carbonyl (C=O) groups is 1. The SMILES string of the molecule is Cc1ccc(NC(=O)[C@H]2C3CC[C@]2(c2ccn(C)n2)C3)cc1-c1ncc(F)cn1. The molecule has 3 saturated carbocycles. The van der Waals surface area contributed by atoms with Gasteiger partial charge in [0.2, 0.25) is 5.91 Å². The maximum atomic E-state index is 13.2. The first-order chi connectivity index (χ1) is 14.0. The van der Waals surface area contributed by atoms with Crippen molar-refractivity contribution in [2.45, 2.75) is 31.6 Å². The number of carbonyl (C=O) groups excluding carboxylic acids is 1. The molecule has 0 saturated heterocycles. The van der Waals surface area contributed by atoms with Crippen LogP contribution in [-0.2, 0) is 17.3 Å². The highest BCUT2D eigenvalue weighted by atomic mass is 19.1. The average Bonchev–Trinajstić information content (AvgIpc) is 3.39. The molecule has 3 aliphatic carbocycles. The molecule has 3 aromatic rings. The van der Waals surface area contributed by atoms with Crippen molar-refractivity contribution in [3.63, 3.8) is 0 Å². The molecular formula is C22H22FN5O. The number of hydrogen-bond acceptors (Lipinski definition) is 4. The zero-order valence-electron chi connectivity index (χ0n) is 16.4. The largest absolute Gasteiger partial charge is 0.326 e. The molecule has 3 atom stereocenters. The number of aryl methyl sites for hydroxylation is 2. The fourth-order valence-corrected chi connectivity index (χ4v) is 5.12. The summed E-state index contributed by atoms with van der Waals surface area (Å²) in [6.45, 7) is 1.94. The van der Waals surface area contributed by atoms with Crippen LogP contribution in [0.4, 0.5) is 10.1 Å². The number of anilines is 1. The van der Waals surface area contributed by atoms with Crippen molar-refractivity contribution in [1.82, 2.24) is 19.7 Å². The second kappa shape index (κ2) is 6.47. The molecule has 3 fully saturated rings. The van der Waals surface area contributed by atoms with Gasteiger partial charge < -0.3 is 5.32 Å². The number of nitrogens with zero attached hydrogens (tertiary/aromatic N) is 4. The van der Waals surface area contributed by atoms with Gasteiger partial charge in [0.05, 0.1) is 24.0 Å². The van der Waals surface area contributed by atoms with Gasteiger partial charge in [-0.25, -0.2) is 14.4 Å². The highest BCUT2D eigenvalue weighted by Crippen LogP contribution is 2.63. The van der Waals surface area contributed by atoms with Crippen molar-refractivity contribution in [3.05, 3.63) is 59.9 Å². The van der Waals surface area contributed by atoms with Gasteiger partial charge >= 0.3 is 0 Å². The maximum Gasteiger partial charge on any atom is 0.228 e. The summed E-state index contributed by atoms with van der Waals surface area (Å²) >= 11 is 0. The van der Waals surface area contributed by atoms with E-state index in [1.807, 2.05) is 44.4 Å². The molecule has 2 heterocycles. The Morgan fingerprint density at radius 2 is 2.07 bits per heavy atom. The van der Waals surface area contributed by atoms with Crippen molar-refractivity contribution < 1.29 is 9.18 Å². The lowest BCUT2D eigenvalue weighted by atomic mass is 9.58. The van der Waals surface area contributed by atoms with E-state index in [9.17, 15) is 9.18 Å². The van der Waals surface area contributed by atoms with Gasteiger partial charge in [-0.15, -0.1) is 0 Å². The molecule has 1 aromatic carbocycles. The number of nitrogens with one attached hydrogen (secondary N) is 1. The number of fused-ring (bicyclic) bond motifs is 1. The quantitative estimate of drug-likeness (QED) is 0.737. The number of halogens is 1. The first-order valence-corrected chi connectivity index (χ1v) is 9.86. The van der Waals surface area contributed by atoms with Crippen molar-refractivity contribution in [3.8, 4) is 11.4 Å². The molecule has 1 unspecified atom stereocenters. The van der Waals surface area contributed by atoms with Crippen molar-refractivity contribution in [2.24, 2.45) is 18.9 Å². The van der Waals surface area contributed by atoms with Crippen LogP contribution in [0.25, 0.3) is 11.4 Å². The van der Waals surface area contributed by atoms with Crippen LogP contribution in [0.3, 0.4) is 0 Å². The molecule has 7 heteroatoms. The second-order valence-corrected chi connectivity index (χ2v) is 8.26. The van der Waals surface area contributed by atoms with Gasteiger partial charge in [-0.3, -0.25) is 9.48 Å². The van der Waals surface area contributed by atoms with E-state index in [-0.39, 0.29) is 17.2 Å². The van der Waals surface area contributed by atoms with Crippen LogP contribution in [-0.4, -0.2) is 25.7 Å². The molecule has 2 aromatic heterocycles. The summed E-state index contributed by atoms with van der Waals surface area (Å²) in [6, 6.07) is 7.70. The fraction of sp³-hybridized carbons (Fsp3) is 0.364. The van der Waals surface area contributed by atoms with E-state index in [0.717, 1.165) is 48.5 Å². The lowest BCUT2D eigenvalue weighted by Gasteiger charge is -2.45. The van der Waals surface area contributed by atoms with Crippen LogP contribution in [0.5, 0.6) is 0 Å². The first kappa shape index (κ1) is 18.0. The van der Waals surface area contributed by atoms with E-state index in [2.05, 4.69) is 20.4 Å². The van der Waals surface area contributed by atoms with Gasteiger partial charge in [-0.2, -0.15) is 5.10 Å². The van der Waals surface area contributed by atoms with E-state index in [1.165, 1.54) is 0 Å². The smallest absolute Gasteiger partial charge is 0.228 e. The summed E-state index contributed by atoms with van der Waals surface area (Å²) in [4.78, 5) is 21.3. The number of hydrogen-bond donors (Lipinski definition) is 1. The molecule has 1 N–H and O–H groups in total. The molecule has 0 radical (unpaired) electrons. The van der Waals surface area contributed by atoms with Gasteiger partial charge in [0.25, 0.3) is 0 Å². The van der Waals surface area contributed by atoms with Gasteiger partial charge in [0, 0.05) is 29.9 Å². The van der Waals surface area contributed by atoms with E-state index in [4.69, 9.17) is 0 Å². The number of aromatic nitrogens is 4. The summed E-state index contributed by atoms with van der Waals surface area (Å²) in [5.74, 6) is 0.371.